The highest BCUT2D eigenvalue weighted by Crippen LogP contribution is 2.42. The van der Waals surface area contributed by atoms with Gasteiger partial charge in [-0.2, -0.15) is 0 Å². The lowest BCUT2D eigenvalue weighted by Crippen LogP contribution is -2.35. The van der Waals surface area contributed by atoms with E-state index in [1.54, 1.807) is 37.3 Å². The van der Waals surface area contributed by atoms with Gasteiger partial charge >= 0.3 is 0 Å². The zero-order valence-electron chi connectivity index (χ0n) is 19.9. The minimum atomic E-state index is -0.816. The van der Waals surface area contributed by atoms with Gasteiger partial charge in [0.15, 0.2) is 11.5 Å². The Labute approximate surface area is 199 Å². The molecule has 0 radical (unpaired) electrons. The number of carbonyl (C=O) groups is 2. The Balaban J connectivity index is 1.84. The van der Waals surface area contributed by atoms with Crippen LogP contribution < -0.4 is 9.47 Å². The van der Waals surface area contributed by atoms with Gasteiger partial charge in [0.25, 0.3) is 11.7 Å². The molecular formula is C26H30N2O6. The summed E-state index contributed by atoms with van der Waals surface area (Å²) >= 11 is 0. The summed E-state index contributed by atoms with van der Waals surface area (Å²) in [5.41, 5.74) is 1.98. The molecule has 2 aromatic carbocycles. The van der Waals surface area contributed by atoms with Gasteiger partial charge in [0.05, 0.1) is 18.2 Å². The van der Waals surface area contributed by atoms with Gasteiger partial charge in [-0.05, 0) is 69.4 Å². The van der Waals surface area contributed by atoms with Crippen molar-refractivity contribution in [3.05, 3.63) is 58.7 Å². The lowest BCUT2D eigenvalue weighted by atomic mass is 9.94. The summed E-state index contributed by atoms with van der Waals surface area (Å²) < 4.78 is 11.3. The number of rotatable bonds is 7. The first-order valence-corrected chi connectivity index (χ1v) is 11.4. The molecule has 34 heavy (non-hydrogen) atoms. The number of phenolic OH excluding ortho intramolecular Hbond substituents is 1. The van der Waals surface area contributed by atoms with Gasteiger partial charge in [-0.1, -0.05) is 6.07 Å². The Hall–Kier alpha value is -3.52. The van der Waals surface area contributed by atoms with E-state index >= 15 is 0 Å². The number of nitrogens with zero attached hydrogens (tertiary/aromatic N) is 2. The number of likely N-dealkylation sites (tertiary alicyclic amines) is 1. The van der Waals surface area contributed by atoms with Crippen LogP contribution in [-0.2, 0) is 16.0 Å². The number of ether oxygens (including phenoxy) is 2. The quantitative estimate of drug-likeness (QED) is 0.367. The van der Waals surface area contributed by atoms with Crippen LogP contribution in [0.4, 0.5) is 0 Å². The lowest BCUT2D eigenvalue weighted by molar-refractivity contribution is -0.140. The van der Waals surface area contributed by atoms with Crippen LogP contribution in [0.3, 0.4) is 0 Å². The van der Waals surface area contributed by atoms with Crippen LogP contribution in [0.2, 0.25) is 0 Å². The fourth-order valence-corrected chi connectivity index (χ4v) is 4.46. The molecule has 2 aromatic rings. The van der Waals surface area contributed by atoms with E-state index in [1.165, 1.54) is 11.0 Å². The number of amides is 1. The van der Waals surface area contributed by atoms with E-state index in [1.807, 2.05) is 25.9 Å². The molecule has 0 saturated carbocycles. The number of phenols is 1. The summed E-state index contributed by atoms with van der Waals surface area (Å²) in [6, 6.07) is 9.19. The van der Waals surface area contributed by atoms with E-state index in [0.29, 0.717) is 37.2 Å². The predicted molar refractivity (Wildman–Crippen MR) is 127 cm³/mol. The molecule has 8 heteroatoms. The third-order valence-corrected chi connectivity index (χ3v) is 6.10. The number of aromatic hydroxyl groups is 1. The smallest absolute Gasteiger partial charge is 0.295 e. The Kier molecular flexibility index (Phi) is 6.52. The Morgan fingerprint density at radius 3 is 2.68 bits per heavy atom. The van der Waals surface area contributed by atoms with Crippen molar-refractivity contribution in [1.29, 1.82) is 0 Å². The van der Waals surface area contributed by atoms with Crippen molar-refractivity contribution < 1.29 is 29.3 Å². The number of likely N-dealkylation sites (N-methyl/N-ethyl adjacent to an activating group) is 1. The molecule has 2 N–H and O–H groups in total. The number of hydrogen-bond acceptors (Lipinski definition) is 7. The second kappa shape index (κ2) is 9.38. The average molecular weight is 467 g/mol. The molecule has 1 fully saturated rings. The Morgan fingerprint density at radius 2 is 1.97 bits per heavy atom. The van der Waals surface area contributed by atoms with Gasteiger partial charge in [0.1, 0.15) is 17.6 Å². The molecular weight excluding hydrogens is 436 g/mol. The van der Waals surface area contributed by atoms with Gasteiger partial charge in [-0.3, -0.25) is 9.59 Å². The SMILES string of the molecule is CCOc1cc(C2C(=C(O)c3ccc4c(c3)CC(C)O4)C(=O)C(=O)N2CCN(C)C)ccc1O. The van der Waals surface area contributed by atoms with E-state index in [4.69, 9.17) is 9.47 Å². The highest BCUT2D eigenvalue weighted by molar-refractivity contribution is 6.46. The zero-order chi connectivity index (χ0) is 24.6. The van der Waals surface area contributed by atoms with Crippen molar-refractivity contribution in [2.75, 3.05) is 33.8 Å². The van der Waals surface area contributed by atoms with Gasteiger partial charge in [0, 0.05) is 25.1 Å². The van der Waals surface area contributed by atoms with E-state index in [0.717, 1.165) is 11.3 Å². The van der Waals surface area contributed by atoms with Crippen LogP contribution in [0.1, 0.15) is 36.6 Å². The predicted octanol–water partition coefficient (Wildman–Crippen LogP) is 3.10. The largest absolute Gasteiger partial charge is 0.507 e. The number of carbonyl (C=O) groups excluding carboxylic acids is 2. The zero-order valence-corrected chi connectivity index (χ0v) is 19.9. The second-order valence-corrected chi connectivity index (χ2v) is 8.91. The number of hydrogen-bond donors (Lipinski definition) is 2. The molecule has 1 saturated heterocycles. The van der Waals surface area contributed by atoms with Gasteiger partial charge in [-0.25, -0.2) is 0 Å². The highest BCUT2D eigenvalue weighted by atomic mass is 16.5. The van der Waals surface area contributed by atoms with Crippen LogP contribution in [0, 0.1) is 0 Å². The second-order valence-electron chi connectivity index (χ2n) is 8.91. The summed E-state index contributed by atoms with van der Waals surface area (Å²) in [6.07, 6.45) is 0.741. The standard InChI is InChI=1S/C26H30N2O6/c1-5-33-21-14-16(6-8-19(21)29)23-22(25(31)26(32)28(23)11-10-27(3)4)24(30)17-7-9-20-18(13-17)12-15(2)34-20/h6-9,13-15,23,29-30H,5,10-12H2,1-4H3. The maximum absolute atomic E-state index is 13.2. The first-order valence-electron chi connectivity index (χ1n) is 11.4. The minimum absolute atomic E-state index is 0.0174. The first kappa shape index (κ1) is 23.6. The summed E-state index contributed by atoms with van der Waals surface area (Å²) in [7, 11) is 3.76. The maximum Gasteiger partial charge on any atom is 0.295 e. The van der Waals surface area contributed by atoms with Crippen LogP contribution in [0.5, 0.6) is 17.2 Å². The average Bonchev–Trinajstić information content (AvgIpc) is 3.29. The Morgan fingerprint density at radius 1 is 1.21 bits per heavy atom. The van der Waals surface area contributed by atoms with E-state index in [-0.39, 0.29) is 28.9 Å². The maximum atomic E-state index is 13.2. The van der Waals surface area contributed by atoms with Gasteiger partial charge < -0.3 is 29.5 Å². The van der Waals surface area contributed by atoms with Crippen LogP contribution in [0.25, 0.3) is 5.76 Å². The number of aliphatic hydroxyl groups is 1. The number of fused-ring (bicyclic) bond motifs is 1. The normalized spacial score (nSPS) is 21.1. The van der Waals surface area contributed by atoms with Crippen molar-refractivity contribution >= 4 is 17.4 Å². The molecule has 0 bridgehead atoms. The van der Waals surface area contributed by atoms with Crippen molar-refractivity contribution in [3.8, 4) is 17.2 Å². The molecule has 4 rings (SSSR count). The van der Waals surface area contributed by atoms with E-state index < -0.39 is 17.7 Å². The molecule has 180 valence electrons. The third-order valence-electron chi connectivity index (χ3n) is 6.10. The first-order chi connectivity index (χ1) is 16.2. The summed E-state index contributed by atoms with van der Waals surface area (Å²) in [5, 5.41) is 21.5. The molecule has 0 aromatic heterocycles. The summed E-state index contributed by atoms with van der Waals surface area (Å²) in [4.78, 5) is 29.6. The highest BCUT2D eigenvalue weighted by Gasteiger charge is 2.46. The Bertz CT molecular complexity index is 1160. The fraction of sp³-hybridized carbons (Fsp3) is 0.385. The van der Waals surface area contributed by atoms with Crippen LogP contribution in [-0.4, -0.2) is 71.6 Å². The summed E-state index contributed by atoms with van der Waals surface area (Å²) in [6.45, 7) is 4.94. The lowest BCUT2D eigenvalue weighted by Gasteiger charge is -2.27. The molecule has 8 nitrogen and oxygen atoms in total. The molecule has 0 spiro atoms. The van der Waals surface area contributed by atoms with Crippen molar-refractivity contribution in [1.82, 2.24) is 9.80 Å². The van der Waals surface area contributed by atoms with E-state index in [2.05, 4.69) is 0 Å². The number of benzene rings is 2. The summed E-state index contributed by atoms with van der Waals surface area (Å²) in [5.74, 6) is -0.670. The van der Waals surface area contributed by atoms with Crippen molar-refractivity contribution in [3.63, 3.8) is 0 Å². The fourth-order valence-electron chi connectivity index (χ4n) is 4.46. The number of Topliss-reactive ketones (excluding diaryl/α,β-unsaturated/α-hetero) is 1. The van der Waals surface area contributed by atoms with Crippen LogP contribution in [0.15, 0.2) is 42.0 Å². The van der Waals surface area contributed by atoms with E-state index in [9.17, 15) is 19.8 Å². The molecule has 2 atom stereocenters. The monoisotopic (exact) mass is 466 g/mol. The van der Waals surface area contributed by atoms with Crippen LogP contribution >= 0.6 is 0 Å². The van der Waals surface area contributed by atoms with Gasteiger partial charge in [0.2, 0.25) is 0 Å². The molecule has 2 aliphatic heterocycles. The third kappa shape index (κ3) is 4.33. The minimum Gasteiger partial charge on any atom is -0.507 e. The molecule has 0 aliphatic carbocycles. The molecule has 2 heterocycles. The topological polar surface area (TPSA) is 99.5 Å². The molecule has 2 unspecified atom stereocenters. The number of aliphatic hydroxyl groups excluding tert-OH is 1. The molecule has 1 amide bonds. The molecule has 2 aliphatic rings. The van der Waals surface area contributed by atoms with Gasteiger partial charge in [-0.15, -0.1) is 0 Å². The number of ketones is 1. The van der Waals surface area contributed by atoms with Crippen molar-refractivity contribution in [2.24, 2.45) is 0 Å². The van der Waals surface area contributed by atoms with Crippen molar-refractivity contribution in [2.45, 2.75) is 32.4 Å².